The van der Waals surface area contributed by atoms with Crippen molar-refractivity contribution in [1.29, 1.82) is 0 Å². The van der Waals surface area contributed by atoms with E-state index in [0.29, 0.717) is 17.6 Å². The minimum absolute atomic E-state index is 0.579. The molecule has 0 atom stereocenters. The van der Waals surface area contributed by atoms with Gasteiger partial charge in [-0.3, -0.25) is 4.57 Å². The van der Waals surface area contributed by atoms with Crippen LogP contribution in [0.15, 0.2) is 200 Å². The van der Waals surface area contributed by atoms with Crippen LogP contribution < -0.4 is 0 Å². The molecular formula is C57H33N5S. The van der Waals surface area contributed by atoms with Gasteiger partial charge in [0, 0.05) is 58.5 Å². The number of rotatable bonds is 4. The van der Waals surface area contributed by atoms with E-state index in [2.05, 4.69) is 191 Å². The van der Waals surface area contributed by atoms with Crippen molar-refractivity contribution < 1.29 is 0 Å². The lowest BCUT2D eigenvalue weighted by Crippen LogP contribution is -2.06. The van der Waals surface area contributed by atoms with Crippen LogP contribution in [0.4, 0.5) is 0 Å². The quantitative estimate of drug-likeness (QED) is 0.166. The second-order valence-corrected chi connectivity index (χ2v) is 17.4. The van der Waals surface area contributed by atoms with E-state index < -0.39 is 0 Å². The Labute approximate surface area is 364 Å². The Morgan fingerprint density at radius 1 is 0.333 bits per heavy atom. The van der Waals surface area contributed by atoms with Crippen LogP contribution in [0.3, 0.4) is 0 Å². The standard InChI is InChI=1S/C57H33N5S/c1-2-15-34(16-3-1)55-58-56(45-24-14-28-51-52(45)44-23-10-13-27-50(44)63-51)60-57(59-55)62-47-25-11-8-21-41(47)42-31-32-49-53(54(42)62)43-22-9-12-26-48(43)61(49)35-29-30-40-38-19-5-4-17-36(38)37-18-6-7-20-39(37)46(40)33-35/h1-33H. The van der Waals surface area contributed by atoms with Crippen LogP contribution in [0.2, 0.25) is 0 Å². The first-order chi connectivity index (χ1) is 31.3. The summed E-state index contributed by atoms with van der Waals surface area (Å²) in [7, 11) is 0. The van der Waals surface area contributed by atoms with Gasteiger partial charge in [-0.25, -0.2) is 4.98 Å². The second kappa shape index (κ2) is 13.2. The minimum atomic E-state index is 0.579. The van der Waals surface area contributed by atoms with Crippen LogP contribution in [0.25, 0.3) is 131 Å². The first kappa shape index (κ1) is 34.5. The number of benzene rings is 10. The number of para-hydroxylation sites is 2. The summed E-state index contributed by atoms with van der Waals surface area (Å²) in [6, 6.07) is 72.0. The summed E-state index contributed by atoms with van der Waals surface area (Å²) in [6.45, 7) is 0. The predicted molar refractivity (Wildman–Crippen MR) is 265 cm³/mol. The Kier molecular flexibility index (Phi) is 7.21. The minimum Gasteiger partial charge on any atom is -0.309 e. The molecule has 63 heavy (non-hydrogen) atoms. The van der Waals surface area contributed by atoms with Crippen molar-refractivity contribution in [1.82, 2.24) is 24.1 Å². The van der Waals surface area contributed by atoms with Gasteiger partial charge in [0.15, 0.2) is 11.6 Å². The molecule has 292 valence electrons. The Bertz CT molecular complexity index is 4180. The highest BCUT2D eigenvalue weighted by atomic mass is 32.1. The van der Waals surface area contributed by atoms with Gasteiger partial charge in [-0.1, -0.05) is 158 Å². The monoisotopic (exact) mass is 819 g/mol. The third-order valence-electron chi connectivity index (χ3n) is 13.0. The van der Waals surface area contributed by atoms with Gasteiger partial charge in [0.25, 0.3) is 0 Å². The molecule has 0 saturated carbocycles. The molecule has 0 fully saturated rings. The molecule has 0 N–H and O–H groups in total. The van der Waals surface area contributed by atoms with Gasteiger partial charge >= 0.3 is 0 Å². The normalized spacial score (nSPS) is 12.1. The van der Waals surface area contributed by atoms with Crippen LogP contribution in [0, 0.1) is 0 Å². The maximum Gasteiger partial charge on any atom is 0.238 e. The molecule has 0 aliphatic carbocycles. The van der Waals surface area contributed by atoms with Crippen LogP contribution in [-0.4, -0.2) is 24.1 Å². The van der Waals surface area contributed by atoms with Crippen molar-refractivity contribution in [3.05, 3.63) is 200 Å². The first-order valence-electron chi connectivity index (χ1n) is 21.3. The van der Waals surface area contributed by atoms with E-state index in [4.69, 9.17) is 15.0 Å². The van der Waals surface area contributed by atoms with Crippen LogP contribution in [-0.2, 0) is 0 Å². The lowest BCUT2D eigenvalue weighted by molar-refractivity contribution is 0.956. The van der Waals surface area contributed by atoms with Gasteiger partial charge in [-0.05, 0) is 74.8 Å². The summed E-state index contributed by atoms with van der Waals surface area (Å²) in [5, 5.41) is 14.5. The van der Waals surface area contributed by atoms with Crippen molar-refractivity contribution in [2.75, 3.05) is 0 Å². The van der Waals surface area contributed by atoms with E-state index in [0.717, 1.165) is 65.8 Å². The van der Waals surface area contributed by atoms with Crippen molar-refractivity contribution >= 4 is 107 Å². The smallest absolute Gasteiger partial charge is 0.238 e. The SMILES string of the molecule is c1ccc(-c2nc(-c3cccc4sc5ccccc5c34)nc(-n3c4ccccc4c4ccc5c(c6ccccc6n5-c5ccc6c7ccccc7c7ccccc7c6c5)c43)n2)cc1. The van der Waals surface area contributed by atoms with E-state index in [9.17, 15) is 0 Å². The lowest BCUT2D eigenvalue weighted by atomic mass is 9.94. The molecule has 0 radical (unpaired) electrons. The number of hydrogen-bond acceptors (Lipinski definition) is 4. The number of hydrogen-bond donors (Lipinski definition) is 0. The fourth-order valence-electron chi connectivity index (χ4n) is 10.3. The molecule has 0 aliphatic rings. The zero-order valence-corrected chi connectivity index (χ0v) is 34.5. The van der Waals surface area contributed by atoms with Crippen molar-refractivity contribution in [3.63, 3.8) is 0 Å². The van der Waals surface area contributed by atoms with E-state index in [1.165, 1.54) is 47.1 Å². The summed E-state index contributed by atoms with van der Waals surface area (Å²) in [4.78, 5) is 16.1. The maximum atomic E-state index is 5.49. The Hall–Kier alpha value is -8.19. The molecule has 0 amide bonds. The average Bonchev–Trinajstić information content (AvgIpc) is 4.02. The molecule has 0 spiro atoms. The number of nitrogens with zero attached hydrogens (tertiary/aromatic N) is 5. The number of fused-ring (bicyclic) bond motifs is 16. The van der Waals surface area contributed by atoms with Gasteiger partial charge in [0.1, 0.15) is 0 Å². The molecule has 14 rings (SSSR count). The molecular weight excluding hydrogens is 787 g/mol. The van der Waals surface area contributed by atoms with Crippen LogP contribution in [0.1, 0.15) is 0 Å². The molecule has 6 heteroatoms. The molecule has 14 aromatic rings. The van der Waals surface area contributed by atoms with Gasteiger partial charge in [-0.15, -0.1) is 11.3 Å². The number of aromatic nitrogens is 5. The Morgan fingerprint density at radius 2 is 0.905 bits per heavy atom. The van der Waals surface area contributed by atoms with Gasteiger partial charge in [0.05, 0.1) is 22.1 Å². The molecule has 0 saturated heterocycles. The van der Waals surface area contributed by atoms with E-state index >= 15 is 0 Å². The van der Waals surface area contributed by atoms with Crippen LogP contribution in [0.5, 0.6) is 0 Å². The molecule has 0 unspecified atom stereocenters. The molecule has 5 nitrogen and oxygen atoms in total. The second-order valence-electron chi connectivity index (χ2n) is 16.3. The third-order valence-corrected chi connectivity index (χ3v) is 14.1. The van der Waals surface area contributed by atoms with Crippen molar-refractivity contribution in [2.45, 2.75) is 0 Å². The van der Waals surface area contributed by atoms with E-state index in [1.54, 1.807) is 11.3 Å². The molecule has 10 aromatic carbocycles. The summed E-state index contributed by atoms with van der Waals surface area (Å²) in [6.07, 6.45) is 0. The Balaban J connectivity index is 1.09. The highest BCUT2D eigenvalue weighted by molar-refractivity contribution is 7.25. The fraction of sp³-hybridized carbons (Fsp3) is 0. The van der Waals surface area contributed by atoms with Gasteiger partial charge in [-0.2, -0.15) is 9.97 Å². The van der Waals surface area contributed by atoms with Crippen molar-refractivity contribution in [2.24, 2.45) is 0 Å². The van der Waals surface area contributed by atoms with E-state index in [-0.39, 0.29) is 0 Å². The summed E-state index contributed by atoms with van der Waals surface area (Å²) >= 11 is 1.80. The van der Waals surface area contributed by atoms with Gasteiger partial charge in [0.2, 0.25) is 5.95 Å². The summed E-state index contributed by atoms with van der Waals surface area (Å²) < 4.78 is 7.17. The molecule has 4 heterocycles. The van der Waals surface area contributed by atoms with E-state index in [1.807, 2.05) is 18.2 Å². The topological polar surface area (TPSA) is 48.5 Å². The highest BCUT2D eigenvalue weighted by Crippen LogP contribution is 2.44. The third kappa shape index (κ3) is 4.95. The lowest BCUT2D eigenvalue weighted by Gasteiger charge is -2.14. The molecule has 4 aromatic heterocycles. The van der Waals surface area contributed by atoms with Crippen LogP contribution >= 0.6 is 11.3 Å². The predicted octanol–water partition coefficient (Wildman–Crippen LogP) is 15.2. The highest BCUT2D eigenvalue weighted by Gasteiger charge is 2.24. The largest absolute Gasteiger partial charge is 0.309 e. The first-order valence-corrected chi connectivity index (χ1v) is 22.1. The molecule has 0 aliphatic heterocycles. The Morgan fingerprint density at radius 3 is 1.67 bits per heavy atom. The summed E-state index contributed by atoms with van der Waals surface area (Å²) in [5.74, 6) is 1.85. The number of thiophene rings is 1. The zero-order chi connectivity index (χ0) is 41.2. The van der Waals surface area contributed by atoms with Crippen molar-refractivity contribution in [3.8, 4) is 34.4 Å². The average molecular weight is 820 g/mol. The maximum absolute atomic E-state index is 5.49. The van der Waals surface area contributed by atoms with Gasteiger partial charge < -0.3 is 4.57 Å². The molecule has 0 bridgehead atoms. The zero-order valence-electron chi connectivity index (χ0n) is 33.7. The summed E-state index contributed by atoms with van der Waals surface area (Å²) in [5.41, 5.74) is 7.39. The fourth-order valence-corrected chi connectivity index (χ4v) is 11.4.